The molecule has 0 bridgehead atoms. The van der Waals surface area contributed by atoms with Gasteiger partial charge in [0.2, 0.25) is 0 Å². The summed E-state index contributed by atoms with van der Waals surface area (Å²) in [5.74, 6) is 0.755. The van der Waals surface area contributed by atoms with E-state index in [9.17, 15) is 0 Å². The van der Waals surface area contributed by atoms with Gasteiger partial charge >= 0.3 is 0 Å². The maximum atomic E-state index is 5.95. The highest BCUT2D eigenvalue weighted by Crippen LogP contribution is 2.45. The Bertz CT molecular complexity index is 323. The largest absolute Gasteiger partial charge is 0.483 e. The molecule has 1 rings (SSSR count). The minimum absolute atomic E-state index is 0.0618. The Hall–Kier alpha value is -1.12. The van der Waals surface area contributed by atoms with E-state index < -0.39 is 0 Å². The van der Waals surface area contributed by atoms with Gasteiger partial charge in [-0.2, -0.15) is 0 Å². The molecule has 1 heterocycles. The van der Waals surface area contributed by atoms with Crippen molar-refractivity contribution < 1.29 is 4.74 Å². The lowest BCUT2D eigenvalue weighted by atomic mass is 9.76. The van der Waals surface area contributed by atoms with Gasteiger partial charge in [0, 0.05) is 18.9 Å². The fraction of sp³-hybridized carbons (Fsp3) is 0.667. The molecule has 0 saturated heterocycles. The molecule has 0 fully saturated rings. The highest BCUT2D eigenvalue weighted by Gasteiger charge is 2.45. The fourth-order valence-electron chi connectivity index (χ4n) is 1.51. The average molecular weight is 208 g/mol. The first kappa shape index (κ1) is 12.0. The third-order valence-electron chi connectivity index (χ3n) is 3.15. The summed E-state index contributed by atoms with van der Waals surface area (Å²) < 4.78 is 5.95. The quantitative estimate of drug-likeness (QED) is 0.642. The van der Waals surface area contributed by atoms with Gasteiger partial charge in [0.05, 0.1) is 11.9 Å². The number of ether oxygens (including phenoxy) is 1. The molecule has 0 aromatic rings. The van der Waals surface area contributed by atoms with Crippen LogP contribution in [0.5, 0.6) is 0 Å². The Kier molecular flexibility index (Phi) is 3.03. The van der Waals surface area contributed by atoms with Crippen molar-refractivity contribution in [1.82, 2.24) is 0 Å². The zero-order valence-electron chi connectivity index (χ0n) is 10.3. The molecular formula is C12H20N2O. The molecule has 0 spiro atoms. The summed E-state index contributed by atoms with van der Waals surface area (Å²) in [5.41, 5.74) is 0.741. The van der Waals surface area contributed by atoms with Crippen LogP contribution in [0, 0.1) is 5.41 Å². The van der Waals surface area contributed by atoms with Crippen molar-refractivity contribution in [3.8, 4) is 0 Å². The van der Waals surface area contributed by atoms with Crippen LogP contribution >= 0.6 is 0 Å². The molecule has 1 atom stereocenters. The van der Waals surface area contributed by atoms with Crippen LogP contribution in [-0.2, 0) is 4.74 Å². The van der Waals surface area contributed by atoms with E-state index in [1.807, 2.05) is 0 Å². The summed E-state index contributed by atoms with van der Waals surface area (Å²) in [7, 11) is 1.73. The Balaban J connectivity index is 2.99. The van der Waals surface area contributed by atoms with Gasteiger partial charge in [-0.25, -0.2) is 0 Å². The third-order valence-corrected chi connectivity index (χ3v) is 3.15. The minimum Gasteiger partial charge on any atom is -0.483 e. The van der Waals surface area contributed by atoms with E-state index in [0.29, 0.717) is 0 Å². The molecule has 15 heavy (non-hydrogen) atoms. The monoisotopic (exact) mass is 208 g/mol. The summed E-state index contributed by atoms with van der Waals surface area (Å²) in [6, 6.07) is 0. The minimum atomic E-state index is -0.222. The summed E-state index contributed by atoms with van der Waals surface area (Å²) in [4.78, 5) is 7.98. The van der Waals surface area contributed by atoms with Crippen molar-refractivity contribution in [3.05, 3.63) is 11.5 Å². The van der Waals surface area contributed by atoms with E-state index in [0.717, 1.165) is 17.9 Å². The van der Waals surface area contributed by atoms with Crippen LogP contribution < -0.4 is 0 Å². The molecule has 3 nitrogen and oxygen atoms in total. The second-order valence-corrected chi connectivity index (χ2v) is 5.12. The van der Waals surface area contributed by atoms with Crippen LogP contribution in [0.2, 0.25) is 0 Å². The van der Waals surface area contributed by atoms with Gasteiger partial charge in [0.15, 0.2) is 5.76 Å². The van der Waals surface area contributed by atoms with Crippen molar-refractivity contribution in [2.24, 2.45) is 15.4 Å². The van der Waals surface area contributed by atoms with Crippen molar-refractivity contribution in [3.63, 3.8) is 0 Å². The normalized spacial score (nSPS) is 27.3. The number of allylic oxidation sites excluding steroid dienone is 1. The van der Waals surface area contributed by atoms with E-state index in [2.05, 4.69) is 44.4 Å². The maximum absolute atomic E-state index is 5.95. The van der Waals surface area contributed by atoms with Gasteiger partial charge in [-0.1, -0.05) is 20.8 Å². The molecule has 0 N–H and O–H groups in total. The number of aliphatic imine (C=N–C) groups is 2. The third kappa shape index (κ3) is 2.11. The van der Waals surface area contributed by atoms with E-state index in [-0.39, 0.29) is 11.0 Å². The Morgan fingerprint density at radius 1 is 1.47 bits per heavy atom. The molecule has 1 aliphatic rings. The molecule has 0 amide bonds. The molecular weight excluding hydrogens is 188 g/mol. The van der Waals surface area contributed by atoms with Crippen LogP contribution in [0.25, 0.3) is 0 Å². The van der Waals surface area contributed by atoms with E-state index >= 15 is 0 Å². The van der Waals surface area contributed by atoms with Gasteiger partial charge in [-0.05, 0) is 13.6 Å². The second-order valence-electron chi connectivity index (χ2n) is 5.12. The van der Waals surface area contributed by atoms with Crippen molar-refractivity contribution >= 4 is 12.9 Å². The summed E-state index contributed by atoms with van der Waals surface area (Å²) in [5, 5.41) is 0. The van der Waals surface area contributed by atoms with Crippen LogP contribution in [0.4, 0.5) is 0 Å². The van der Waals surface area contributed by atoms with Crippen molar-refractivity contribution in [2.75, 3.05) is 7.05 Å². The van der Waals surface area contributed by atoms with Gasteiger partial charge in [0.1, 0.15) is 5.60 Å². The Morgan fingerprint density at radius 2 is 2.07 bits per heavy atom. The van der Waals surface area contributed by atoms with Crippen LogP contribution in [0.3, 0.4) is 0 Å². The molecule has 0 radical (unpaired) electrons. The maximum Gasteiger partial charge on any atom is 0.159 e. The van der Waals surface area contributed by atoms with Gasteiger partial charge in [0.25, 0.3) is 0 Å². The first-order chi connectivity index (χ1) is 6.84. The lowest BCUT2D eigenvalue weighted by Gasteiger charge is -2.38. The Morgan fingerprint density at radius 3 is 2.47 bits per heavy atom. The van der Waals surface area contributed by atoms with Crippen molar-refractivity contribution in [1.29, 1.82) is 0 Å². The van der Waals surface area contributed by atoms with Gasteiger partial charge in [-0.15, -0.1) is 0 Å². The lowest BCUT2D eigenvalue weighted by molar-refractivity contribution is -0.0406. The zero-order chi connectivity index (χ0) is 11.7. The zero-order valence-corrected chi connectivity index (χ0v) is 10.3. The number of nitrogens with zero attached hydrogens (tertiary/aromatic N) is 2. The van der Waals surface area contributed by atoms with E-state index in [4.69, 9.17) is 4.74 Å². The molecule has 0 aromatic carbocycles. The van der Waals surface area contributed by atoms with E-state index in [1.54, 1.807) is 13.3 Å². The highest BCUT2D eigenvalue weighted by molar-refractivity contribution is 5.78. The lowest BCUT2D eigenvalue weighted by Crippen LogP contribution is -2.39. The predicted octanol–water partition coefficient (Wildman–Crippen LogP) is 2.82. The van der Waals surface area contributed by atoms with Crippen LogP contribution in [0.15, 0.2) is 21.4 Å². The fourth-order valence-corrected chi connectivity index (χ4v) is 1.51. The molecule has 0 saturated carbocycles. The summed E-state index contributed by atoms with van der Waals surface area (Å²) in [6.07, 6.45) is 2.50. The average Bonchev–Trinajstić information content (AvgIpc) is 2.43. The molecule has 84 valence electrons. The predicted molar refractivity (Wildman–Crippen MR) is 64.6 cm³/mol. The standard InChI is InChI=1S/C12H20N2O/c1-11(2,3)12(4)7-9(14-6)10(15-12)8-13-5/h8H,6-7H2,1-5H3/b13-8-/t12-/m0/s1. The van der Waals surface area contributed by atoms with Gasteiger partial charge < -0.3 is 4.74 Å². The summed E-state index contributed by atoms with van der Waals surface area (Å²) >= 11 is 0. The van der Waals surface area contributed by atoms with Crippen LogP contribution in [-0.4, -0.2) is 25.6 Å². The van der Waals surface area contributed by atoms with E-state index in [1.165, 1.54) is 0 Å². The Labute approximate surface area is 92.0 Å². The smallest absolute Gasteiger partial charge is 0.159 e. The molecule has 1 aliphatic heterocycles. The number of rotatable bonds is 2. The van der Waals surface area contributed by atoms with Crippen LogP contribution in [0.1, 0.15) is 34.1 Å². The second kappa shape index (κ2) is 3.80. The first-order valence-electron chi connectivity index (χ1n) is 5.15. The number of hydrogen-bond donors (Lipinski definition) is 0. The molecule has 0 unspecified atom stereocenters. The summed E-state index contributed by atoms with van der Waals surface area (Å²) in [6.45, 7) is 12.2. The number of hydrogen-bond acceptors (Lipinski definition) is 3. The SMILES string of the molecule is C=NC1=C(/C=N\C)O[C@](C)(C(C)(C)C)C1. The molecule has 0 aromatic heterocycles. The van der Waals surface area contributed by atoms with Gasteiger partial charge in [-0.3, -0.25) is 9.98 Å². The van der Waals surface area contributed by atoms with Crippen molar-refractivity contribution in [2.45, 2.75) is 39.7 Å². The topological polar surface area (TPSA) is 34.0 Å². The molecule has 0 aliphatic carbocycles. The first-order valence-corrected chi connectivity index (χ1v) is 5.15. The highest BCUT2D eigenvalue weighted by atomic mass is 16.5. The molecule has 3 heteroatoms.